The fourth-order valence-corrected chi connectivity index (χ4v) is 2.85. The molecule has 0 atom stereocenters. The van der Waals surface area contributed by atoms with Crippen LogP contribution >= 0.6 is 0 Å². The van der Waals surface area contributed by atoms with Crippen molar-refractivity contribution in [2.75, 3.05) is 6.54 Å². The molecule has 0 saturated carbocycles. The van der Waals surface area contributed by atoms with Gasteiger partial charge < -0.3 is 19.3 Å². The molecule has 30 heavy (non-hydrogen) atoms. The zero-order valence-electron chi connectivity index (χ0n) is 16.7. The van der Waals surface area contributed by atoms with Gasteiger partial charge in [-0.15, -0.1) is 0 Å². The van der Waals surface area contributed by atoms with Gasteiger partial charge in [0.05, 0.1) is 11.3 Å². The number of carbonyl (C=O) groups excluding carboxylic acids is 1. The third kappa shape index (κ3) is 5.79. The summed E-state index contributed by atoms with van der Waals surface area (Å²) in [5.74, 6) is 1.15. The van der Waals surface area contributed by atoms with E-state index in [-0.39, 0.29) is 11.7 Å². The molecule has 1 N–H and O–H groups in total. The number of ether oxygens (including phenoxy) is 2. The molecule has 6 nitrogen and oxygen atoms in total. The minimum absolute atomic E-state index is 0.103. The highest BCUT2D eigenvalue weighted by Gasteiger charge is 2.11. The minimum atomic E-state index is -2.85. The Bertz CT molecular complexity index is 968. The van der Waals surface area contributed by atoms with Gasteiger partial charge in [0.1, 0.15) is 23.9 Å². The van der Waals surface area contributed by atoms with E-state index in [1.54, 1.807) is 36.4 Å². The van der Waals surface area contributed by atoms with Crippen LogP contribution in [0, 0.1) is 13.8 Å². The monoisotopic (exact) mass is 416 g/mol. The Morgan fingerprint density at radius 2 is 1.90 bits per heavy atom. The van der Waals surface area contributed by atoms with Gasteiger partial charge in [0.2, 0.25) is 0 Å². The number of alkyl halides is 2. The van der Waals surface area contributed by atoms with E-state index < -0.39 is 6.61 Å². The van der Waals surface area contributed by atoms with Gasteiger partial charge in [0, 0.05) is 12.1 Å². The summed E-state index contributed by atoms with van der Waals surface area (Å²) in [4.78, 5) is 12.4. The number of benzene rings is 2. The molecule has 1 amide bonds. The van der Waals surface area contributed by atoms with Crippen molar-refractivity contribution in [2.45, 2.75) is 33.5 Å². The second-order valence-electron chi connectivity index (χ2n) is 6.65. The predicted octanol–water partition coefficient (Wildman–Crippen LogP) is 4.44. The van der Waals surface area contributed by atoms with Gasteiger partial charge in [-0.25, -0.2) is 0 Å². The lowest BCUT2D eigenvalue weighted by Crippen LogP contribution is -2.25. The lowest BCUT2D eigenvalue weighted by molar-refractivity contribution is -0.0498. The number of nitrogens with one attached hydrogen (secondary N) is 1. The number of carbonyl (C=O) groups is 1. The summed E-state index contributed by atoms with van der Waals surface area (Å²) in [6.07, 6.45) is 0.558. The van der Waals surface area contributed by atoms with Crippen molar-refractivity contribution in [3.8, 4) is 11.5 Å². The van der Waals surface area contributed by atoms with Gasteiger partial charge in [-0.05, 0) is 56.2 Å². The largest absolute Gasteiger partial charge is 0.489 e. The first-order chi connectivity index (χ1) is 14.4. The number of nitrogens with zero attached hydrogens (tertiary/aromatic N) is 1. The van der Waals surface area contributed by atoms with Crippen molar-refractivity contribution >= 4 is 5.91 Å². The normalized spacial score (nSPS) is 10.8. The zero-order valence-corrected chi connectivity index (χ0v) is 16.7. The standard InChI is InChI=1S/C22H22F2N2O4/c1-14-20(15(2)30-26-14)13-28-19-5-3-4-17(12-19)21(27)25-11-10-16-6-8-18(9-7-16)29-22(23)24/h3-9,12,22H,10-11,13H2,1-2H3,(H,25,27). The maximum Gasteiger partial charge on any atom is 0.387 e. The molecule has 0 aliphatic heterocycles. The van der Waals surface area contributed by atoms with Crippen LogP contribution in [-0.4, -0.2) is 24.2 Å². The fourth-order valence-electron chi connectivity index (χ4n) is 2.85. The molecular formula is C22H22F2N2O4. The van der Waals surface area contributed by atoms with Crippen LogP contribution in [0.25, 0.3) is 0 Å². The maximum absolute atomic E-state index is 12.4. The van der Waals surface area contributed by atoms with Crippen molar-refractivity contribution in [2.24, 2.45) is 0 Å². The average molecular weight is 416 g/mol. The van der Waals surface area contributed by atoms with Crippen molar-refractivity contribution in [1.82, 2.24) is 10.5 Å². The van der Waals surface area contributed by atoms with E-state index in [9.17, 15) is 13.6 Å². The molecule has 0 aliphatic carbocycles. The molecule has 0 bridgehead atoms. The number of hydrogen-bond acceptors (Lipinski definition) is 5. The molecule has 3 rings (SSSR count). The molecule has 0 fully saturated rings. The third-order valence-electron chi connectivity index (χ3n) is 4.51. The second-order valence-corrected chi connectivity index (χ2v) is 6.65. The van der Waals surface area contributed by atoms with Crippen LogP contribution < -0.4 is 14.8 Å². The molecule has 0 saturated heterocycles. The molecule has 0 radical (unpaired) electrons. The van der Waals surface area contributed by atoms with Crippen LogP contribution in [0.3, 0.4) is 0 Å². The molecule has 1 heterocycles. The number of aromatic nitrogens is 1. The zero-order chi connectivity index (χ0) is 21.5. The topological polar surface area (TPSA) is 73.6 Å². The van der Waals surface area contributed by atoms with E-state index in [1.165, 1.54) is 12.1 Å². The van der Waals surface area contributed by atoms with Crippen LogP contribution in [0.4, 0.5) is 8.78 Å². The summed E-state index contributed by atoms with van der Waals surface area (Å²) in [6, 6.07) is 13.2. The molecule has 1 aromatic heterocycles. The van der Waals surface area contributed by atoms with Gasteiger partial charge >= 0.3 is 6.61 Å². The molecule has 0 spiro atoms. The van der Waals surface area contributed by atoms with Gasteiger partial charge in [0.15, 0.2) is 0 Å². The van der Waals surface area contributed by atoms with E-state index in [0.29, 0.717) is 36.6 Å². The Morgan fingerprint density at radius 1 is 1.13 bits per heavy atom. The molecule has 0 aliphatic rings. The summed E-state index contributed by atoms with van der Waals surface area (Å²) in [5, 5.41) is 6.73. The lowest BCUT2D eigenvalue weighted by Gasteiger charge is -2.09. The SMILES string of the molecule is Cc1noc(C)c1COc1cccc(C(=O)NCCc2ccc(OC(F)F)cc2)c1. The van der Waals surface area contributed by atoms with E-state index >= 15 is 0 Å². The Morgan fingerprint density at radius 3 is 2.57 bits per heavy atom. The summed E-state index contributed by atoms with van der Waals surface area (Å²) in [6.45, 7) is 1.52. The highest BCUT2D eigenvalue weighted by molar-refractivity contribution is 5.94. The predicted molar refractivity (Wildman–Crippen MR) is 106 cm³/mol. The van der Waals surface area contributed by atoms with Gasteiger partial charge in [-0.2, -0.15) is 8.78 Å². The van der Waals surface area contributed by atoms with E-state index in [2.05, 4.69) is 15.2 Å². The highest BCUT2D eigenvalue weighted by atomic mass is 19.3. The summed E-state index contributed by atoms with van der Waals surface area (Å²) >= 11 is 0. The van der Waals surface area contributed by atoms with E-state index in [1.807, 2.05) is 13.8 Å². The molecule has 0 unspecified atom stereocenters. The van der Waals surface area contributed by atoms with Crippen LogP contribution in [0.2, 0.25) is 0 Å². The Kier molecular flexibility index (Phi) is 7.00. The summed E-state index contributed by atoms with van der Waals surface area (Å²) < 4.78 is 39.5. The smallest absolute Gasteiger partial charge is 0.387 e. The first-order valence-electron chi connectivity index (χ1n) is 9.39. The molecule has 8 heteroatoms. The van der Waals surface area contributed by atoms with Crippen LogP contribution in [-0.2, 0) is 13.0 Å². The van der Waals surface area contributed by atoms with Crippen LogP contribution in [0.15, 0.2) is 53.1 Å². The van der Waals surface area contributed by atoms with Crippen LogP contribution in [0.1, 0.15) is 32.9 Å². The van der Waals surface area contributed by atoms with E-state index in [4.69, 9.17) is 9.26 Å². The van der Waals surface area contributed by atoms with Crippen molar-refractivity contribution in [3.05, 3.63) is 76.7 Å². The quantitative estimate of drug-likeness (QED) is 0.558. The highest BCUT2D eigenvalue weighted by Crippen LogP contribution is 2.19. The maximum atomic E-state index is 12.4. The number of hydrogen-bond donors (Lipinski definition) is 1. The van der Waals surface area contributed by atoms with Gasteiger partial charge in [-0.3, -0.25) is 4.79 Å². The van der Waals surface area contributed by atoms with Crippen molar-refractivity contribution < 1.29 is 27.6 Å². The number of rotatable bonds is 9. The molecule has 2 aromatic carbocycles. The average Bonchev–Trinajstić information content (AvgIpc) is 3.05. The fraction of sp³-hybridized carbons (Fsp3) is 0.273. The Hall–Kier alpha value is -3.42. The number of halogens is 2. The van der Waals surface area contributed by atoms with Crippen LogP contribution in [0.5, 0.6) is 11.5 Å². The molecular weight excluding hydrogens is 394 g/mol. The number of aryl methyl sites for hydroxylation is 2. The summed E-state index contributed by atoms with van der Waals surface area (Å²) in [7, 11) is 0. The summed E-state index contributed by atoms with van der Waals surface area (Å²) in [5.41, 5.74) is 3.03. The lowest BCUT2D eigenvalue weighted by atomic mass is 10.1. The third-order valence-corrected chi connectivity index (χ3v) is 4.51. The first-order valence-corrected chi connectivity index (χ1v) is 9.39. The van der Waals surface area contributed by atoms with Gasteiger partial charge in [-0.1, -0.05) is 23.4 Å². The Labute approximate surface area is 172 Å². The number of amides is 1. The Balaban J connectivity index is 1.50. The van der Waals surface area contributed by atoms with Gasteiger partial charge in [0.25, 0.3) is 5.91 Å². The van der Waals surface area contributed by atoms with Crippen molar-refractivity contribution in [3.63, 3.8) is 0 Å². The van der Waals surface area contributed by atoms with Crippen molar-refractivity contribution in [1.29, 1.82) is 0 Å². The first kappa shape index (κ1) is 21.3. The molecule has 158 valence electrons. The second kappa shape index (κ2) is 9.87. The molecule has 3 aromatic rings. The van der Waals surface area contributed by atoms with E-state index in [0.717, 1.165) is 16.8 Å². The minimum Gasteiger partial charge on any atom is -0.489 e.